The van der Waals surface area contributed by atoms with Gasteiger partial charge in [-0.2, -0.15) is 5.26 Å². The number of sulfonamides is 1. The summed E-state index contributed by atoms with van der Waals surface area (Å²) in [6.45, 7) is 0.594. The Morgan fingerprint density at radius 3 is 2.33 bits per heavy atom. The maximum Gasteiger partial charge on any atom is 0.261 e. The van der Waals surface area contributed by atoms with Crippen LogP contribution < -0.4 is 9.46 Å². The van der Waals surface area contributed by atoms with Gasteiger partial charge in [0.2, 0.25) is 0 Å². The van der Waals surface area contributed by atoms with Crippen LogP contribution in [0.2, 0.25) is 0 Å². The Balaban J connectivity index is 1.63. The predicted octanol–water partition coefficient (Wildman–Crippen LogP) is 5.23. The maximum atomic E-state index is 12.6. The van der Waals surface area contributed by atoms with E-state index < -0.39 is 10.0 Å². The molecule has 3 aromatic rings. The van der Waals surface area contributed by atoms with Gasteiger partial charge in [0.1, 0.15) is 11.8 Å². The van der Waals surface area contributed by atoms with Crippen LogP contribution in [0.3, 0.4) is 0 Å². The Kier molecular flexibility index (Phi) is 7.25. The minimum absolute atomic E-state index is 0.147. The fourth-order valence-electron chi connectivity index (χ4n) is 2.84. The van der Waals surface area contributed by atoms with Gasteiger partial charge in [-0.1, -0.05) is 60.7 Å². The number of anilines is 1. The van der Waals surface area contributed by atoms with E-state index >= 15 is 0 Å². The number of allylic oxidation sites excluding steroid dienone is 1. The predicted molar refractivity (Wildman–Crippen MR) is 119 cm³/mol. The minimum atomic E-state index is -3.76. The average molecular weight is 419 g/mol. The van der Waals surface area contributed by atoms with E-state index in [0.717, 1.165) is 18.6 Å². The molecular weight excluding hydrogens is 396 g/mol. The van der Waals surface area contributed by atoms with Crippen molar-refractivity contribution < 1.29 is 13.2 Å². The standard InChI is InChI=1S/C24H22N2O3S/c25-19-23-20(11-4-3-9-18-29-21-13-5-1-6-14-21)12-10-17-24(23)26-30(27,28)22-15-7-2-8-16-22/h1-2,4-8,10-17,26H,3,9,18H2/b11-4+. The Morgan fingerprint density at radius 2 is 1.63 bits per heavy atom. The van der Waals surface area contributed by atoms with Crippen molar-refractivity contribution in [2.75, 3.05) is 11.3 Å². The second-order valence-electron chi connectivity index (χ2n) is 6.51. The fourth-order valence-corrected chi connectivity index (χ4v) is 3.93. The van der Waals surface area contributed by atoms with Crippen molar-refractivity contribution in [3.05, 3.63) is 96.1 Å². The second kappa shape index (κ2) is 10.3. The van der Waals surface area contributed by atoms with Crippen molar-refractivity contribution >= 4 is 21.8 Å². The van der Waals surface area contributed by atoms with Gasteiger partial charge in [-0.25, -0.2) is 8.42 Å². The molecule has 0 heterocycles. The molecule has 0 aliphatic carbocycles. The number of ether oxygens (including phenoxy) is 1. The minimum Gasteiger partial charge on any atom is -0.494 e. The van der Waals surface area contributed by atoms with Gasteiger partial charge in [-0.3, -0.25) is 4.72 Å². The van der Waals surface area contributed by atoms with E-state index in [-0.39, 0.29) is 16.1 Å². The Labute approximate surface area is 177 Å². The summed E-state index contributed by atoms with van der Waals surface area (Å²) in [6.07, 6.45) is 5.40. The third-order valence-corrected chi connectivity index (χ3v) is 5.71. The molecule has 0 amide bonds. The summed E-state index contributed by atoms with van der Waals surface area (Å²) >= 11 is 0. The summed E-state index contributed by atoms with van der Waals surface area (Å²) < 4.78 is 33.3. The second-order valence-corrected chi connectivity index (χ2v) is 8.19. The Morgan fingerprint density at radius 1 is 0.933 bits per heavy atom. The Hall–Kier alpha value is -3.56. The van der Waals surface area contributed by atoms with Crippen LogP contribution >= 0.6 is 0 Å². The highest BCUT2D eigenvalue weighted by atomic mass is 32.2. The van der Waals surface area contributed by atoms with Gasteiger partial charge in [0.15, 0.2) is 0 Å². The van der Waals surface area contributed by atoms with Crippen molar-refractivity contribution in [3.8, 4) is 11.8 Å². The molecule has 0 saturated heterocycles. The van der Waals surface area contributed by atoms with E-state index in [4.69, 9.17) is 4.74 Å². The molecule has 0 aromatic heterocycles. The van der Waals surface area contributed by atoms with Crippen LogP contribution in [0.1, 0.15) is 24.0 Å². The van der Waals surface area contributed by atoms with Gasteiger partial charge in [0.25, 0.3) is 10.0 Å². The van der Waals surface area contributed by atoms with Crippen LogP contribution in [0.5, 0.6) is 5.75 Å². The highest BCUT2D eigenvalue weighted by Crippen LogP contribution is 2.24. The lowest BCUT2D eigenvalue weighted by atomic mass is 10.1. The van der Waals surface area contributed by atoms with Crippen molar-refractivity contribution in [2.24, 2.45) is 0 Å². The topological polar surface area (TPSA) is 79.2 Å². The molecule has 5 nitrogen and oxygen atoms in total. The van der Waals surface area contributed by atoms with Crippen LogP contribution in [0.25, 0.3) is 6.08 Å². The van der Waals surface area contributed by atoms with E-state index in [1.807, 2.05) is 42.5 Å². The first-order valence-corrected chi connectivity index (χ1v) is 11.0. The van der Waals surface area contributed by atoms with Gasteiger partial charge in [0, 0.05) is 0 Å². The molecule has 1 N–H and O–H groups in total. The summed E-state index contributed by atoms with van der Waals surface area (Å²) in [5.74, 6) is 0.839. The van der Waals surface area contributed by atoms with Gasteiger partial charge >= 0.3 is 0 Å². The molecule has 3 rings (SSSR count). The van der Waals surface area contributed by atoms with Crippen molar-refractivity contribution in [1.82, 2.24) is 0 Å². The number of rotatable bonds is 9. The van der Waals surface area contributed by atoms with Gasteiger partial charge in [-0.15, -0.1) is 0 Å². The monoisotopic (exact) mass is 418 g/mol. The summed E-state index contributed by atoms with van der Waals surface area (Å²) in [4.78, 5) is 0.147. The van der Waals surface area contributed by atoms with E-state index in [1.54, 1.807) is 36.4 Å². The van der Waals surface area contributed by atoms with Gasteiger partial charge < -0.3 is 4.74 Å². The van der Waals surface area contributed by atoms with Crippen molar-refractivity contribution in [2.45, 2.75) is 17.7 Å². The third kappa shape index (κ3) is 5.72. The molecule has 0 aliphatic rings. The largest absolute Gasteiger partial charge is 0.494 e. The Bertz CT molecular complexity index is 1140. The third-order valence-electron chi connectivity index (χ3n) is 4.33. The average Bonchev–Trinajstić information content (AvgIpc) is 2.77. The van der Waals surface area contributed by atoms with Gasteiger partial charge in [0.05, 0.1) is 22.8 Å². The number of hydrogen-bond donors (Lipinski definition) is 1. The van der Waals surface area contributed by atoms with Crippen LogP contribution in [-0.4, -0.2) is 15.0 Å². The van der Waals surface area contributed by atoms with E-state index in [9.17, 15) is 13.7 Å². The normalized spacial score (nSPS) is 11.2. The molecule has 3 aromatic carbocycles. The lowest BCUT2D eigenvalue weighted by Crippen LogP contribution is -2.14. The zero-order valence-corrected chi connectivity index (χ0v) is 17.2. The summed E-state index contributed by atoms with van der Waals surface area (Å²) in [5, 5.41) is 9.59. The number of nitriles is 1. The lowest BCUT2D eigenvalue weighted by molar-refractivity contribution is 0.312. The number of unbranched alkanes of at least 4 members (excludes halogenated alkanes) is 1. The highest BCUT2D eigenvalue weighted by molar-refractivity contribution is 7.92. The van der Waals surface area contributed by atoms with Crippen molar-refractivity contribution in [1.29, 1.82) is 5.26 Å². The van der Waals surface area contributed by atoms with Gasteiger partial charge in [-0.05, 0) is 48.7 Å². The van der Waals surface area contributed by atoms with Crippen LogP contribution in [0.4, 0.5) is 5.69 Å². The number of hydrogen-bond acceptors (Lipinski definition) is 4. The van der Waals surface area contributed by atoms with Crippen LogP contribution in [0.15, 0.2) is 89.8 Å². The molecule has 30 heavy (non-hydrogen) atoms. The first kappa shape index (κ1) is 21.2. The molecule has 0 spiro atoms. The molecule has 0 saturated carbocycles. The first-order valence-electron chi connectivity index (χ1n) is 9.55. The van der Waals surface area contributed by atoms with Crippen LogP contribution in [-0.2, 0) is 10.0 Å². The first-order chi connectivity index (χ1) is 14.6. The number of nitrogens with zero attached hydrogens (tertiary/aromatic N) is 1. The SMILES string of the molecule is N#Cc1c(/C=C/CCCOc2ccccc2)cccc1NS(=O)(=O)c1ccccc1. The lowest BCUT2D eigenvalue weighted by Gasteiger charge is -2.11. The quantitative estimate of drug-likeness (QED) is 0.483. The van der Waals surface area contributed by atoms with E-state index in [0.29, 0.717) is 12.2 Å². The zero-order chi connectivity index (χ0) is 21.2. The molecule has 6 heteroatoms. The van der Waals surface area contributed by atoms with Crippen molar-refractivity contribution in [3.63, 3.8) is 0 Å². The molecular formula is C24H22N2O3S. The number of benzene rings is 3. The molecule has 0 unspecified atom stereocenters. The number of para-hydroxylation sites is 1. The zero-order valence-electron chi connectivity index (χ0n) is 16.4. The number of nitrogens with one attached hydrogen (secondary N) is 1. The fraction of sp³-hybridized carbons (Fsp3) is 0.125. The molecule has 152 valence electrons. The van der Waals surface area contributed by atoms with E-state index in [2.05, 4.69) is 10.8 Å². The molecule has 0 bridgehead atoms. The maximum absolute atomic E-state index is 12.6. The summed E-state index contributed by atoms with van der Waals surface area (Å²) in [6, 6.07) is 24.9. The molecule has 0 radical (unpaired) electrons. The highest BCUT2D eigenvalue weighted by Gasteiger charge is 2.16. The smallest absolute Gasteiger partial charge is 0.261 e. The van der Waals surface area contributed by atoms with Crippen LogP contribution in [0, 0.1) is 11.3 Å². The molecule has 0 atom stereocenters. The molecule has 0 fully saturated rings. The summed E-state index contributed by atoms with van der Waals surface area (Å²) in [5.41, 5.74) is 1.21. The van der Waals surface area contributed by atoms with E-state index in [1.165, 1.54) is 12.1 Å². The summed E-state index contributed by atoms with van der Waals surface area (Å²) in [7, 11) is -3.76. The molecule has 0 aliphatic heterocycles.